The molecule has 0 unspecified atom stereocenters. The zero-order chi connectivity index (χ0) is 15.7. The molecule has 0 bridgehead atoms. The van der Waals surface area contributed by atoms with Gasteiger partial charge in [-0.3, -0.25) is 4.90 Å². The van der Waals surface area contributed by atoms with Crippen LogP contribution in [0.2, 0.25) is 0 Å². The zero-order valence-corrected chi connectivity index (χ0v) is 14.0. The summed E-state index contributed by atoms with van der Waals surface area (Å²) in [5.74, 6) is 3.05. The summed E-state index contributed by atoms with van der Waals surface area (Å²) in [7, 11) is 0. The van der Waals surface area contributed by atoms with Gasteiger partial charge in [-0.1, -0.05) is 27.7 Å². The SMILES string of the molecule is CCc1ccc(CN2CCc3nc(C(C)(C)C)ncc3C2)o1. The van der Waals surface area contributed by atoms with Gasteiger partial charge in [-0.25, -0.2) is 9.97 Å². The molecule has 22 heavy (non-hydrogen) atoms. The predicted octanol–water partition coefficient (Wildman–Crippen LogP) is 3.49. The van der Waals surface area contributed by atoms with Gasteiger partial charge in [0.2, 0.25) is 0 Å². The fourth-order valence-electron chi connectivity index (χ4n) is 2.79. The molecular weight excluding hydrogens is 274 g/mol. The first kappa shape index (κ1) is 15.2. The number of nitrogens with zero attached hydrogens (tertiary/aromatic N) is 3. The van der Waals surface area contributed by atoms with Gasteiger partial charge in [-0.15, -0.1) is 0 Å². The molecule has 118 valence electrons. The molecule has 1 aliphatic rings. The van der Waals surface area contributed by atoms with E-state index in [9.17, 15) is 0 Å². The highest BCUT2D eigenvalue weighted by atomic mass is 16.3. The van der Waals surface area contributed by atoms with E-state index in [4.69, 9.17) is 9.40 Å². The summed E-state index contributed by atoms with van der Waals surface area (Å²) in [5.41, 5.74) is 2.48. The number of hydrogen-bond acceptors (Lipinski definition) is 4. The van der Waals surface area contributed by atoms with E-state index in [1.807, 2.05) is 6.20 Å². The summed E-state index contributed by atoms with van der Waals surface area (Å²) in [6, 6.07) is 4.17. The molecule has 0 aliphatic carbocycles. The van der Waals surface area contributed by atoms with E-state index in [1.165, 1.54) is 11.3 Å². The van der Waals surface area contributed by atoms with Gasteiger partial charge < -0.3 is 4.42 Å². The van der Waals surface area contributed by atoms with E-state index in [1.54, 1.807) is 0 Å². The molecule has 1 aliphatic heterocycles. The lowest BCUT2D eigenvalue weighted by atomic mass is 9.95. The highest BCUT2D eigenvalue weighted by Gasteiger charge is 2.23. The van der Waals surface area contributed by atoms with Gasteiger partial charge in [0.1, 0.15) is 17.3 Å². The van der Waals surface area contributed by atoms with Crippen LogP contribution in [0.5, 0.6) is 0 Å². The molecule has 0 atom stereocenters. The predicted molar refractivity (Wildman–Crippen MR) is 86.6 cm³/mol. The fourth-order valence-corrected chi connectivity index (χ4v) is 2.79. The van der Waals surface area contributed by atoms with Crippen LogP contribution in [0.3, 0.4) is 0 Å². The Morgan fingerprint density at radius 3 is 2.68 bits per heavy atom. The third-order valence-electron chi connectivity index (χ3n) is 4.13. The average Bonchev–Trinajstić information content (AvgIpc) is 2.93. The average molecular weight is 299 g/mol. The molecule has 2 aromatic rings. The minimum Gasteiger partial charge on any atom is -0.465 e. The molecule has 3 heterocycles. The Kier molecular flexibility index (Phi) is 4.04. The first-order valence-electron chi connectivity index (χ1n) is 8.11. The lowest BCUT2D eigenvalue weighted by Crippen LogP contribution is -2.31. The van der Waals surface area contributed by atoms with Crippen molar-refractivity contribution in [3.8, 4) is 0 Å². The van der Waals surface area contributed by atoms with Crippen LogP contribution in [-0.4, -0.2) is 21.4 Å². The van der Waals surface area contributed by atoms with Crippen molar-refractivity contribution in [2.24, 2.45) is 0 Å². The number of hydrogen-bond donors (Lipinski definition) is 0. The number of fused-ring (bicyclic) bond motifs is 1. The number of furan rings is 1. The van der Waals surface area contributed by atoms with Crippen molar-refractivity contribution in [2.45, 2.75) is 59.0 Å². The maximum absolute atomic E-state index is 5.81. The number of rotatable bonds is 3. The van der Waals surface area contributed by atoms with Crippen LogP contribution in [0.1, 0.15) is 56.3 Å². The van der Waals surface area contributed by atoms with Crippen LogP contribution < -0.4 is 0 Å². The fraction of sp³-hybridized carbons (Fsp3) is 0.556. The highest BCUT2D eigenvalue weighted by Crippen LogP contribution is 2.23. The Morgan fingerprint density at radius 2 is 2.00 bits per heavy atom. The Labute approximate surface area is 132 Å². The van der Waals surface area contributed by atoms with Crippen LogP contribution in [0.25, 0.3) is 0 Å². The largest absolute Gasteiger partial charge is 0.465 e. The monoisotopic (exact) mass is 299 g/mol. The summed E-state index contributed by atoms with van der Waals surface area (Å²) < 4.78 is 5.81. The summed E-state index contributed by atoms with van der Waals surface area (Å²) in [4.78, 5) is 11.7. The second-order valence-electron chi connectivity index (χ2n) is 7.10. The Balaban J connectivity index is 1.71. The van der Waals surface area contributed by atoms with E-state index in [2.05, 4.69) is 49.7 Å². The van der Waals surface area contributed by atoms with Crippen molar-refractivity contribution in [1.29, 1.82) is 0 Å². The maximum Gasteiger partial charge on any atom is 0.133 e. The van der Waals surface area contributed by atoms with E-state index in [0.717, 1.165) is 49.8 Å². The molecular formula is C18H25N3O. The van der Waals surface area contributed by atoms with Crippen molar-refractivity contribution in [2.75, 3.05) is 6.54 Å². The molecule has 4 heteroatoms. The van der Waals surface area contributed by atoms with Gasteiger partial charge in [0, 0.05) is 48.8 Å². The van der Waals surface area contributed by atoms with Crippen LogP contribution in [0.15, 0.2) is 22.7 Å². The summed E-state index contributed by atoms with van der Waals surface area (Å²) in [6.45, 7) is 11.4. The van der Waals surface area contributed by atoms with Gasteiger partial charge in [-0.05, 0) is 12.1 Å². The Hall–Kier alpha value is -1.68. The molecule has 0 radical (unpaired) electrons. The second-order valence-corrected chi connectivity index (χ2v) is 7.10. The first-order valence-corrected chi connectivity index (χ1v) is 8.11. The second kappa shape index (κ2) is 5.84. The molecule has 0 amide bonds. The molecule has 0 aromatic carbocycles. The van der Waals surface area contributed by atoms with Crippen molar-refractivity contribution in [1.82, 2.24) is 14.9 Å². The molecule has 0 spiro atoms. The van der Waals surface area contributed by atoms with E-state index in [-0.39, 0.29) is 5.41 Å². The number of aromatic nitrogens is 2. The topological polar surface area (TPSA) is 42.2 Å². The third kappa shape index (κ3) is 3.22. The van der Waals surface area contributed by atoms with Crippen LogP contribution >= 0.6 is 0 Å². The summed E-state index contributed by atoms with van der Waals surface area (Å²) in [5, 5.41) is 0. The van der Waals surface area contributed by atoms with Gasteiger partial charge in [-0.2, -0.15) is 0 Å². The van der Waals surface area contributed by atoms with Gasteiger partial charge >= 0.3 is 0 Å². The summed E-state index contributed by atoms with van der Waals surface area (Å²) >= 11 is 0. The van der Waals surface area contributed by atoms with Crippen molar-refractivity contribution in [3.63, 3.8) is 0 Å². The van der Waals surface area contributed by atoms with Crippen LogP contribution in [-0.2, 0) is 31.3 Å². The van der Waals surface area contributed by atoms with Gasteiger partial charge in [0.05, 0.1) is 6.54 Å². The highest BCUT2D eigenvalue weighted by molar-refractivity contribution is 5.22. The molecule has 2 aromatic heterocycles. The van der Waals surface area contributed by atoms with Gasteiger partial charge in [0.25, 0.3) is 0 Å². The lowest BCUT2D eigenvalue weighted by molar-refractivity contribution is 0.221. The first-order chi connectivity index (χ1) is 10.5. The maximum atomic E-state index is 5.81. The quantitative estimate of drug-likeness (QED) is 0.870. The lowest BCUT2D eigenvalue weighted by Gasteiger charge is -2.28. The molecule has 0 fully saturated rings. The van der Waals surface area contributed by atoms with E-state index in [0.29, 0.717) is 0 Å². The van der Waals surface area contributed by atoms with E-state index < -0.39 is 0 Å². The van der Waals surface area contributed by atoms with Crippen LogP contribution in [0.4, 0.5) is 0 Å². The standard InChI is InChI=1S/C18H25N3O/c1-5-14-6-7-15(22-14)12-21-9-8-16-13(11-21)10-19-17(20-16)18(2,3)4/h6-7,10H,5,8-9,11-12H2,1-4H3. The van der Waals surface area contributed by atoms with Crippen LogP contribution in [0, 0.1) is 0 Å². The zero-order valence-electron chi connectivity index (χ0n) is 14.0. The summed E-state index contributed by atoms with van der Waals surface area (Å²) in [6.07, 6.45) is 3.95. The third-order valence-corrected chi connectivity index (χ3v) is 4.13. The normalized spacial score (nSPS) is 15.8. The molecule has 0 saturated heterocycles. The van der Waals surface area contributed by atoms with Gasteiger partial charge in [0.15, 0.2) is 0 Å². The molecule has 3 rings (SSSR count). The molecule has 0 saturated carbocycles. The Morgan fingerprint density at radius 1 is 1.23 bits per heavy atom. The smallest absolute Gasteiger partial charge is 0.133 e. The minimum absolute atomic E-state index is 0.0108. The van der Waals surface area contributed by atoms with Crippen molar-refractivity contribution in [3.05, 3.63) is 46.9 Å². The number of aryl methyl sites for hydroxylation is 1. The van der Waals surface area contributed by atoms with Crippen molar-refractivity contribution < 1.29 is 4.42 Å². The van der Waals surface area contributed by atoms with E-state index >= 15 is 0 Å². The molecule has 0 N–H and O–H groups in total. The minimum atomic E-state index is 0.0108. The van der Waals surface area contributed by atoms with Crippen molar-refractivity contribution >= 4 is 0 Å². The Bertz CT molecular complexity index is 655. The molecule has 4 nitrogen and oxygen atoms in total.